The van der Waals surface area contributed by atoms with E-state index in [2.05, 4.69) is 32.1 Å². The van der Waals surface area contributed by atoms with E-state index in [9.17, 15) is 8.42 Å². The Labute approximate surface area is 149 Å². The van der Waals surface area contributed by atoms with Crippen molar-refractivity contribution in [2.24, 2.45) is 0 Å². The third-order valence-corrected chi connectivity index (χ3v) is 5.76. The highest BCUT2D eigenvalue weighted by Crippen LogP contribution is 2.38. The van der Waals surface area contributed by atoms with E-state index in [1.165, 1.54) is 0 Å². The molecule has 1 aliphatic rings. The number of ether oxygens (including phenoxy) is 1. The molecule has 0 fully saturated rings. The summed E-state index contributed by atoms with van der Waals surface area (Å²) >= 11 is 0. The fourth-order valence-corrected chi connectivity index (χ4v) is 3.81. The fraction of sp³-hybridized carbons (Fsp3) is 0.300. The highest BCUT2D eigenvalue weighted by Gasteiger charge is 2.32. The zero-order valence-electron chi connectivity index (χ0n) is 15.0. The summed E-state index contributed by atoms with van der Waals surface area (Å²) in [7, 11) is -3.69. The van der Waals surface area contributed by atoms with Gasteiger partial charge in [0.05, 0.1) is 4.90 Å². The molecule has 132 valence electrons. The fourth-order valence-electron chi connectivity index (χ4n) is 2.71. The Hall–Kier alpha value is -2.11. The molecule has 0 aromatic heterocycles. The molecule has 0 saturated carbocycles. The standard InChI is InChI=1S/C20H23NO3S/c1-13-6-9-16(10-7-13)25(22,23)21-19-14(2)17-12-15(20(3,4)5)8-11-18(17)24-19/h6-12,19,21H,2H2,1,3-5H3. The van der Waals surface area contributed by atoms with Crippen molar-refractivity contribution in [2.45, 2.75) is 44.2 Å². The Kier molecular flexibility index (Phi) is 4.25. The largest absolute Gasteiger partial charge is 0.469 e. The molecule has 1 atom stereocenters. The van der Waals surface area contributed by atoms with Gasteiger partial charge in [0.2, 0.25) is 10.0 Å². The Morgan fingerprint density at radius 3 is 2.32 bits per heavy atom. The summed E-state index contributed by atoms with van der Waals surface area (Å²) in [5, 5.41) is 0. The van der Waals surface area contributed by atoms with Crippen molar-refractivity contribution in [3.63, 3.8) is 0 Å². The highest BCUT2D eigenvalue weighted by molar-refractivity contribution is 7.89. The molecular formula is C20H23NO3S. The number of hydrogen-bond acceptors (Lipinski definition) is 3. The van der Waals surface area contributed by atoms with Gasteiger partial charge in [-0.25, -0.2) is 8.42 Å². The van der Waals surface area contributed by atoms with E-state index < -0.39 is 16.3 Å². The van der Waals surface area contributed by atoms with E-state index >= 15 is 0 Å². The molecule has 1 heterocycles. The van der Waals surface area contributed by atoms with Crippen molar-refractivity contribution in [1.29, 1.82) is 0 Å². The molecule has 4 nitrogen and oxygen atoms in total. The zero-order chi connectivity index (χ0) is 18.4. The highest BCUT2D eigenvalue weighted by atomic mass is 32.2. The van der Waals surface area contributed by atoms with Gasteiger partial charge in [-0.15, -0.1) is 0 Å². The van der Waals surface area contributed by atoms with E-state index in [0.29, 0.717) is 11.3 Å². The zero-order valence-corrected chi connectivity index (χ0v) is 15.8. The van der Waals surface area contributed by atoms with Crippen LogP contribution in [0.4, 0.5) is 0 Å². The lowest BCUT2D eigenvalue weighted by Crippen LogP contribution is -2.37. The lowest BCUT2D eigenvalue weighted by Gasteiger charge is -2.19. The predicted octanol–water partition coefficient (Wildman–Crippen LogP) is 4.00. The second-order valence-corrected chi connectivity index (χ2v) is 9.13. The second kappa shape index (κ2) is 6.00. The quantitative estimate of drug-likeness (QED) is 0.903. The van der Waals surface area contributed by atoms with E-state index in [-0.39, 0.29) is 10.3 Å². The van der Waals surface area contributed by atoms with Crippen LogP contribution in [0.3, 0.4) is 0 Å². The van der Waals surface area contributed by atoms with Crippen LogP contribution >= 0.6 is 0 Å². The summed E-state index contributed by atoms with van der Waals surface area (Å²) in [5.41, 5.74) is 3.62. The van der Waals surface area contributed by atoms with E-state index in [1.54, 1.807) is 24.3 Å². The lowest BCUT2D eigenvalue weighted by atomic mass is 9.85. The predicted molar refractivity (Wildman–Crippen MR) is 100 cm³/mol. The molecule has 2 aromatic carbocycles. The molecule has 5 heteroatoms. The van der Waals surface area contributed by atoms with Gasteiger partial charge in [0.25, 0.3) is 0 Å². The first-order chi connectivity index (χ1) is 11.6. The van der Waals surface area contributed by atoms with Gasteiger partial charge < -0.3 is 4.74 Å². The minimum Gasteiger partial charge on any atom is -0.469 e. The van der Waals surface area contributed by atoms with E-state index in [4.69, 9.17) is 4.74 Å². The summed E-state index contributed by atoms with van der Waals surface area (Å²) in [6.45, 7) is 12.3. The van der Waals surface area contributed by atoms with Crippen molar-refractivity contribution in [3.8, 4) is 5.75 Å². The first-order valence-corrected chi connectivity index (χ1v) is 9.65. The van der Waals surface area contributed by atoms with E-state index in [0.717, 1.165) is 16.7 Å². The number of benzene rings is 2. The summed E-state index contributed by atoms with van der Waals surface area (Å²) in [6, 6.07) is 12.6. The smallest absolute Gasteiger partial charge is 0.243 e. The van der Waals surface area contributed by atoms with Gasteiger partial charge in [-0.1, -0.05) is 51.1 Å². The Bertz CT molecular complexity index is 922. The SMILES string of the molecule is C=C1c2cc(C(C)(C)C)ccc2OC1NS(=O)(=O)c1ccc(C)cc1. The number of rotatable bonds is 3. The van der Waals surface area contributed by atoms with Gasteiger partial charge in [-0.2, -0.15) is 4.72 Å². The molecule has 0 spiro atoms. The number of sulfonamides is 1. The Morgan fingerprint density at radius 1 is 1.08 bits per heavy atom. The van der Waals surface area contributed by atoms with Crippen LogP contribution in [0.2, 0.25) is 0 Å². The summed E-state index contributed by atoms with van der Waals surface area (Å²) < 4.78 is 33.6. The van der Waals surface area contributed by atoms with Crippen molar-refractivity contribution in [3.05, 3.63) is 65.7 Å². The van der Waals surface area contributed by atoms with Crippen LogP contribution < -0.4 is 9.46 Å². The van der Waals surface area contributed by atoms with Crippen molar-refractivity contribution < 1.29 is 13.2 Å². The van der Waals surface area contributed by atoms with E-state index in [1.807, 2.05) is 25.1 Å². The summed E-state index contributed by atoms with van der Waals surface area (Å²) in [5.74, 6) is 0.648. The third kappa shape index (κ3) is 3.48. The molecule has 2 aromatic rings. The van der Waals surface area contributed by atoms with Crippen LogP contribution in [0.1, 0.15) is 37.5 Å². The maximum absolute atomic E-state index is 12.6. The van der Waals surface area contributed by atoms with Gasteiger partial charge in [-0.05, 0) is 42.2 Å². The topological polar surface area (TPSA) is 55.4 Å². The second-order valence-electron chi connectivity index (χ2n) is 7.42. The summed E-state index contributed by atoms with van der Waals surface area (Å²) in [6.07, 6.45) is -0.795. The maximum atomic E-state index is 12.6. The molecule has 1 aliphatic heterocycles. The average molecular weight is 357 g/mol. The van der Waals surface area contributed by atoms with Crippen molar-refractivity contribution in [2.75, 3.05) is 0 Å². The number of aryl methyl sites for hydroxylation is 1. The molecule has 0 amide bonds. The monoisotopic (exact) mass is 357 g/mol. The normalized spacial score (nSPS) is 17.3. The van der Waals surface area contributed by atoms with Crippen molar-refractivity contribution >= 4 is 15.6 Å². The Balaban J connectivity index is 1.86. The first-order valence-electron chi connectivity index (χ1n) is 8.17. The number of fused-ring (bicyclic) bond motifs is 1. The van der Waals surface area contributed by atoms with Crippen LogP contribution in [0, 0.1) is 6.92 Å². The number of hydrogen-bond donors (Lipinski definition) is 1. The first kappa shape index (κ1) is 17.7. The van der Waals surface area contributed by atoms with Gasteiger partial charge in [0.1, 0.15) is 5.75 Å². The molecule has 0 aliphatic carbocycles. The van der Waals surface area contributed by atoms with Gasteiger partial charge >= 0.3 is 0 Å². The van der Waals surface area contributed by atoms with Gasteiger partial charge in [0.15, 0.2) is 6.23 Å². The molecular weight excluding hydrogens is 334 g/mol. The molecule has 25 heavy (non-hydrogen) atoms. The maximum Gasteiger partial charge on any atom is 0.243 e. The molecule has 0 radical (unpaired) electrons. The Morgan fingerprint density at radius 2 is 1.72 bits per heavy atom. The molecule has 3 rings (SSSR count). The minimum atomic E-state index is -3.69. The lowest BCUT2D eigenvalue weighted by molar-refractivity contribution is 0.265. The average Bonchev–Trinajstić information content (AvgIpc) is 2.82. The van der Waals surface area contributed by atoms with Crippen LogP contribution in [0.5, 0.6) is 5.75 Å². The van der Waals surface area contributed by atoms with Crippen LogP contribution in [0.15, 0.2) is 53.9 Å². The summed E-state index contributed by atoms with van der Waals surface area (Å²) in [4.78, 5) is 0.209. The van der Waals surface area contributed by atoms with Crippen LogP contribution in [-0.2, 0) is 15.4 Å². The molecule has 1 N–H and O–H groups in total. The van der Waals surface area contributed by atoms with Gasteiger partial charge in [0, 0.05) is 11.1 Å². The van der Waals surface area contributed by atoms with Crippen LogP contribution in [0.25, 0.3) is 5.57 Å². The van der Waals surface area contributed by atoms with Gasteiger partial charge in [-0.3, -0.25) is 0 Å². The minimum absolute atomic E-state index is 0.00516. The molecule has 1 unspecified atom stereocenters. The van der Waals surface area contributed by atoms with Crippen molar-refractivity contribution in [1.82, 2.24) is 4.72 Å². The van der Waals surface area contributed by atoms with Crippen LogP contribution in [-0.4, -0.2) is 14.6 Å². The number of nitrogens with one attached hydrogen (secondary N) is 1. The molecule has 0 bridgehead atoms. The third-order valence-electron chi connectivity index (χ3n) is 4.35. The molecule has 0 saturated heterocycles.